The van der Waals surface area contributed by atoms with E-state index in [0.717, 1.165) is 19.3 Å². The fraction of sp³-hybridized carbons (Fsp3) is 0.909. The van der Waals surface area contributed by atoms with Gasteiger partial charge in [0.05, 0.1) is 11.5 Å². The Morgan fingerprint density at radius 2 is 2.14 bits per heavy atom. The molecule has 2 rings (SSSR count). The fourth-order valence-electron chi connectivity index (χ4n) is 3.47. The first-order valence-electron chi connectivity index (χ1n) is 5.35. The van der Waals surface area contributed by atoms with Crippen molar-refractivity contribution < 1.29 is 9.90 Å². The minimum Gasteiger partial charge on any atom is -0.391 e. The number of fused-ring (bicyclic) bond motifs is 2. The first kappa shape index (κ1) is 9.97. The lowest BCUT2D eigenvalue weighted by molar-refractivity contribution is -0.140. The van der Waals surface area contributed by atoms with Crippen LogP contribution in [0, 0.1) is 16.7 Å². The van der Waals surface area contributed by atoms with Crippen LogP contribution in [-0.4, -0.2) is 24.2 Å². The van der Waals surface area contributed by atoms with Crippen molar-refractivity contribution in [2.24, 2.45) is 16.7 Å². The molecule has 2 N–H and O–H groups in total. The summed E-state index contributed by atoms with van der Waals surface area (Å²) in [6, 6.07) is 0. The largest absolute Gasteiger partial charge is 0.391 e. The van der Waals surface area contributed by atoms with Crippen LogP contribution >= 0.6 is 0 Å². The maximum atomic E-state index is 11.8. The summed E-state index contributed by atoms with van der Waals surface area (Å²) < 4.78 is 0. The summed E-state index contributed by atoms with van der Waals surface area (Å²) >= 11 is 0. The van der Waals surface area contributed by atoms with Gasteiger partial charge in [-0.25, -0.2) is 0 Å². The van der Waals surface area contributed by atoms with Crippen LogP contribution in [-0.2, 0) is 4.79 Å². The van der Waals surface area contributed by atoms with Crippen LogP contribution < -0.4 is 5.32 Å². The number of carbonyl (C=O) groups excluding carboxylic acids is 1. The van der Waals surface area contributed by atoms with Crippen molar-refractivity contribution in [1.82, 2.24) is 5.32 Å². The maximum Gasteiger partial charge on any atom is 0.228 e. The highest BCUT2D eigenvalue weighted by Gasteiger charge is 2.64. The van der Waals surface area contributed by atoms with Gasteiger partial charge >= 0.3 is 0 Å². The molecule has 3 nitrogen and oxygen atoms in total. The van der Waals surface area contributed by atoms with E-state index in [-0.39, 0.29) is 11.3 Å². The molecule has 0 unspecified atom stereocenters. The average molecular weight is 197 g/mol. The van der Waals surface area contributed by atoms with Gasteiger partial charge < -0.3 is 10.4 Å². The number of rotatable bonds is 1. The molecule has 3 atom stereocenters. The second-order valence-corrected chi connectivity index (χ2v) is 5.40. The van der Waals surface area contributed by atoms with Crippen molar-refractivity contribution in [1.29, 1.82) is 0 Å². The molecule has 0 radical (unpaired) electrons. The summed E-state index contributed by atoms with van der Waals surface area (Å²) in [4.78, 5) is 11.8. The Morgan fingerprint density at radius 3 is 2.57 bits per heavy atom. The minimum atomic E-state index is -0.483. The van der Waals surface area contributed by atoms with Crippen LogP contribution in [0.3, 0.4) is 0 Å². The third kappa shape index (κ3) is 0.937. The monoisotopic (exact) mass is 197 g/mol. The van der Waals surface area contributed by atoms with E-state index in [0.29, 0.717) is 5.92 Å². The zero-order valence-electron chi connectivity index (χ0n) is 9.13. The van der Waals surface area contributed by atoms with E-state index in [1.165, 1.54) is 0 Å². The zero-order chi connectivity index (χ0) is 10.6. The first-order chi connectivity index (χ1) is 6.45. The second kappa shape index (κ2) is 2.72. The van der Waals surface area contributed by atoms with Gasteiger partial charge in [-0.3, -0.25) is 4.79 Å². The molecule has 2 bridgehead atoms. The van der Waals surface area contributed by atoms with E-state index >= 15 is 0 Å². The van der Waals surface area contributed by atoms with E-state index in [1.807, 2.05) is 0 Å². The Kier molecular flexibility index (Phi) is 1.94. The highest BCUT2D eigenvalue weighted by atomic mass is 16.3. The molecule has 2 aliphatic carbocycles. The van der Waals surface area contributed by atoms with Crippen LogP contribution in [0.2, 0.25) is 0 Å². The summed E-state index contributed by atoms with van der Waals surface area (Å²) in [7, 11) is 1.66. The van der Waals surface area contributed by atoms with Crippen molar-refractivity contribution >= 4 is 5.91 Å². The second-order valence-electron chi connectivity index (χ2n) is 5.40. The van der Waals surface area contributed by atoms with Crippen LogP contribution in [0.15, 0.2) is 0 Å². The molecule has 0 aliphatic heterocycles. The normalized spacial score (nSPS) is 44.0. The molecule has 1 amide bonds. The molecule has 14 heavy (non-hydrogen) atoms. The summed E-state index contributed by atoms with van der Waals surface area (Å²) in [5.74, 6) is 0.535. The average Bonchev–Trinajstić information content (AvgIpc) is 2.66. The predicted octanol–water partition coefficient (Wildman–Crippen LogP) is 0.920. The van der Waals surface area contributed by atoms with Crippen molar-refractivity contribution in [2.75, 3.05) is 7.05 Å². The predicted molar refractivity (Wildman–Crippen MR) is 53.6 cm³/mol. The number of carbonyl (C=O) groups is 1. The Balaban J connectivity index is 2.35. The van der Waals surface area contributed by atoms with Gasteiger partial charge in [-0.1, -0.05) is 13.8 Å². The molecule has 0 heterocycles. The van der Waals surface area contributed by atoms with Gasteiger partial charge in [-0.2, -0.15) is 0 Å². The van der Waals surface area contributed by atoms with Gasteiger partial charge in [0.2, 0.25) is 5.91 Å². The minimum absolute atomic E-state index is 0.0260. The first-order valence-corrected chi connectivity index (χ1v) is 5.35. The van der Waals surface area contributed by atoms with E-state index < -0.39 is 11.5 Å². The summed E-state index contributed by atoms with van der Waals surface area (Å²) in [6.45, 7) is 4.15. The molecule has 3 heteroatoms. The van der Waals surface area contributed by atoms with Crippen LogP contribution in [0.4, 0.5) is 0 Å². The standard InChI is InChI=1S/C11H19NO2/c1-10(2)7-4-5-11(6-7,8(10)13)9(14)12-3/h7-8,13H,4-6H2,1-3H3,(H,12,14)/t7-,8-,11-/m0/s1. The topological polar surface area (TPSA) is 49.3 Å². The van der Waals surface area contributed by atoms with E-state index in [4.69, 9.17) is 0 Å². The third-order valence-electron chi connectivity index (χ3n) is 4.51. The van der Waals surface area contributed by atoms with Crippen molar-refractivity contribution in [2.45, 2.75) is 39.2 Å². The van der Waals surface area contributed by atoms with E-state index in [2.05, 4.69) is 19.2 Å². The number of nitrogens with one attached hydrogen (secondary N) is 1. The molecule has 2 fully saturated rings. The third-order valence-corrected chi connectivity index (χ3v) is 4.51. The molecule has 0 spiro atoms. The zero-order valence-corrected chi connectivity index (χ0v) is 9.13. The van der Waals surface area contributed by atoms with Crippen LogP contribution in [0.5, 0.6) is 0 Å². The fourth-order valence-corrected chi connectivity index (χ4v) is 3.47. The van der Waals surface area contributed by atoms with Crippen LogP contribution in [0.1, 0.15) is 33.1 Å². The number of hydrogen-bond acceptors (Lipinski definition) is 2. The smallest absolute Gasteiger partial charge is 0.228 e. The highest BCUT2D eigenvalue weighted by Crippen LogP contribution is 2.62. The Bertz CT molecular complexity index is 274. The lowest BCUT2D eigenvalue weighted by Crippen LogP contribution is -2.49. The SMILES string of the molecule is CNC(=O)[C@@]12CC[C@@H](C1)C(C)(C)[C@@H]2O. The molecular weight excluding hydrogens is 178 g/mol. The van der Waals surface area contributed by atoms with Crippen molar-refractivity contribution in [3.63, 3.8) is 0 Å². The molecule has 2 saturated carbocycles. The van der Waals surface area contributed by atoms with Gasteiger partial charge in [0.15, 0.2) is 0 Å². The van der Waals surface area contributed by atoms with Crippen molar-refractivity contribution in [3.05, 3.63) is 0 Å². The number of amides is 1. The summed E-state index contributed by atoms with van der Waals surface area (Å²) in [6.07, 6.45) is 2.31. The molecule has 2 aliphatic rings. The lowest BCUT2D eigenvalue weighted by Gasteiger charge is -2.39. The Hall–Kier alpha value is -0.570. The lowest BCUT2D eigenvalue weighted by atomic mass is 9.69. The van der Waals surface area contributed by atoms with Gasteiger partial charge in [-0.05, 0) is 30.6 Å². The van der Waals surface area contributed by atoms with E-state index in [1.54, 1.807) is 7.05 Å². The van der Waals surface area contributed by atoms with Gasteiger partial charge in [0, 0.05) is 7.05 Å². The van der Waals surface area contributed by atoms with Crippen LogP contribution in [0.25, 0.3) is 0 Å². The van der Waals surface area contributed by atoms with Gasteiger partial charge in [0.25, 0.3) is 0 Å². The molecule has 0 saturated heterocycles. The Morgan fingerprint density at radius 1 is 1.50 bits per heavy atom. The number of aliphatic hydroxyl groups excluding tert-OH is 1. The summed E-state index contributed by atoms with van der Waals surface area (Å²) in [5, 5.41) is 12.9. The maximum absolute atomic E-state index is 11.8. The van der Waals surface area contributed by atoms with Gasteiger partial charge in [0.1, 0.15) is 0 Å². The molecular formula is C11H19NO2. The molecule has 0 aromatic carbocycles. The molecule has 0 aromatic rings. The quantitative estimate of drug-likeness (QED) is 0.656. The van der Waals surface area contributed by atoms with Crippen molar-refractivity contribution in [3.8, 4) is 0 Å². The van der Waals surface area contributed by atoms with E-state index in [9.17, 15) is 9.90 Å². The number of hydrogen-bond donors (Lipinski definition) is 2. The van der Waals surface area contributed by atoms with Gasteiger partial charge in [-0.15, -0.1) is 0 Å². The Labute approximate surface area is 84.9 Å². The molecule has 80 valence electrons. The number of aliphatic hydroxyl groups is 1. The molecule has 0 aromatic heterocycles. The highest BCUT2D eigenvalue weighted by molar-refractivity contribution is 5.84. The summed E-state index contributed by atoms with van der Waals surface area (Å²) in [5.41, 5.74) is -0.576.